The van der Waals surface area contributed by atoms with Crippen LogP contribution in [0.15, 0.2) is 146 Å². The summed E-state index contributed by atoms with van der Waals surface area (Å²) in [4.78, 5) is 49.4. The van der Waals surface area contributed by atoms with Crippen LogP contribution in [-0.2, 0) is 9.59 Å². The normalized spacial score (nSPS) is 17.8. The number of carbonyl (C=O) groups excluding carboxylic acids is 2. The molecule has 2 atom stereocenters. The zero-order valence-corrected chi connectivity index (χ0v) is 43.3. The molecule has 2 unspecified atom stereocenters. The van der Waals surface area contributed by atoms with E-state index in [1.54, 1.807) is 12.2 Å². The highest BCUT2D eigenvalue weighted by Crippen LogP contribution is 2.37. The number of nitrogens with two attached hydrogens (primary N) is 2. The number of ether oxygens (including phenoxy) is 2. The summed E-state index contributed by atoms with van der Waals surface area (Å²) >= 11 is 0. The summed E-state index contributed by atoms with van der Waals surface area (Å²) in [5.74, 6) is 3.86. The molecule has 2 aliphatic heterocycles. The maximum Gasteiger partial charge on any atom is 0.246 e. The predicted molar refractivity (Wildman–Crippen MR) is 298 cm³/mol. The van der Waals surface area contributed by atoms with Gasteiger partial charge in [-0.25, -0.2) is 29.3 Å². The molecule has 2 amide bonds. The Morgan fingerprint density at radius 3 is 1.60 bits per heavy atom. The Morgan fingerprint density at radius 1 is 0.597 bits per heavy atom. The highest BCUT2D eigenvalue weighted by Gasteiger charge is 2.32. The number of carbonyl (C=O) groups is 2. The van der Waals surface area contributed by atoms with E-state index in [1.165, 1.54) is 44.8 Å². The minimum absolute atomic E-state index is 0.00326. The predicted octanol–water partition coefficient (Wildman–Crippen LogP) is 9.02. The van der Waals surface area contributed by atoms with E-state index in [-0.39, 0.29) is 23.9 Å². The Balaban J connectivity index is 0.000000164. The molecule has 8 aromatic rings. The fraction of sp³-hybridized carbons (Fsp3) is 0.322. The molecule has 2 saturated heterocycles. The van der Waals surface area contributed by atoms with Gasteiger partial charge in [-0.05, 0) is 125 Å². The average molecular weight is 1030 g/mol. The van der Waals surface area contributed by atoms with Gasteiger partial charge in [-0.3, -0.25) is 14.5 Å². The van der Waals surface area contributed by atoms with Gasteiger partial charge in [-0.2, -0.15) is 10.2 Å². The van der Waals surface area contributed by atoms with Crippen molar-refractivity contribution < 1.29 is 19.1 Å². The molecule has 4 aliphatic rings. The van der Waals surface area contributed by atoms with Crippen LogP contribution < -0.4 is 26.3 Å². The highest BCUT2D eigenvalue weighted by atomic mass is 16.5. The summed E-state index contributed by atoms with van der Waals surface area (Å²) in [5.41, 5.74) is 17.2. The second-order valence-corrected chi connectivity index (χ2v) is 20.2. The SMILES string of the molecule is CN(C/C=C/C(=O)N1CCCC(n2nc(-c3ccc(Oc4ccccc4)cc3)c3c(N)ncnc32)C1)C1CC1.Nc1ncnc2c1c(-c1ccc(Oc3ccccc3)cc1)nn2C1CCN(C(=O)/C=C/CNC2CCC2)C1. The number of nitrogen functional groups attached to an aromatic ring is 2. The molecule has 4 fully saturated rings. The number of likely N-dealkylation sites (N-methyl/N-ethyl adjacent to an activating group) is 1. The van der Waals surface area contributed by atoms with E-state index < -0.39 is 0 Å². The third-order valence-corrected chi connectivity index (χ3v) is 14.8. The zero-order valence-electron chi connectivity index (χ0n) is 43.3. The molecule has 0 bridgehead atoms. The van der Waals surface area contributed by atoms with Gasteiger partial charge < -0.3 is 36.1 Å². The number of likely N-dealkylation sites (tertiary alicyclic amines) is 2. The first-order valence-electron chi connectivity index (χ1n) is 26.7. The van der Waals surface area contributed by atoms with Crippen molar-refractivity contribution in [2.45, 2.75) is 75.5 Å². The van der Waals surface area contributed by atoms with Crippen LogP contribution in [0.5, 0.6) is 23.0 Å². The number of aromatic nitrogens is 8. The van der Waals surface area contributed by atoms with Gasteiger partial charge in [0.1, 0.15) is 58.7 Å². The zero-order chi connectivity index (χ0) is 52.7. The summed E-state index contributed by atoms with van der Waals surface area (Å²) in [7, 11) is 2.11. The molecule has 394 valence electrons. The summed E-state index contributed by atoms with van der Waals surface area (Å²) in [5, 5.41) is 14.8. The monoisotopic (exact) mass is 1030 g/mol. The Kier molecular flexibility index (Phi) is 15.3. The van der Waals surface area contributed by atoms with Crippen LogP contribution in [0, 0.1) is 0 Å². The topological polar surface area (TPSA) is 214 Å². The van der Waals surface area contributed by atoms with Crippen molar-refractivity contribution in [2.75, 3.05) is 57.8 Å². The molecule has 2 aliphatic carbocycles. The van der Waals surface area contributed by atoms with E-state index in [1.807, 2.05) is 141 Å². The molecule has 18 heteroatoms. The standard InChI is InChI=1S/C30H33N7O2.C29H31N7O2/c1-35(22-13-14-22)17-6-10-26(38)36-18-5-7-23(19-36)37-30-27(29(31)32-20-33-30)28(34-37)21-11-15-25(16-12-21)39-24-8-3-2-4-9-24;30-28-26-27(20-11-13-24(14-12-20)38-23-8-2-1-3-9-23)34-36(29(26)33-19-32-28)22-15-17-35(18-22)25(37)10-5-16-31-21-6-4-7-21/h2-4,6,8-12,15-16,20,22-23H,5,7,13-14,17-19H2,1H3,(H2,31,32,33);1-3,5,8-14,19,21-22,31H,4,6-7,15-18H2,(H2,30,32,33)/b10-6+;10-5+. The number of piperidine rings is 1. The van der Waals surface area contributed by atoms with Crippen LogP contribution in [-0.4, -0.2) is 124 Å². The van der Waals surface area contributed by atoms with Crippen LogP contribution in [0.1, 0.15) is 63.5 Å². The molecule has 77 heavy (non-hydrogen) atoms. The molecular weight excluding hydrogens is 969 g/mol. The molecule has 4 aromatic heterocycles. The molecule has 6 heterocycles. The van der Waals surface area contributed by atoms with Crippen molar-refractivity contribution >= 4 is 45.5 Å². The second-order valence-electron chi connectivity index (χ2n) is 20.2. The first-order valence-corrected chi connectivity index (χ1v) is 26.7. The van der Waals surface area contributed by atoms with E-state index in [0.717, 1.165) is 95.2 Å². The smallest absolute Gasteiger partial charge is 0.246 e. The number of para-hydroxylation sites is 2. The van der Waals surface area contributed by atoms with Gasteiger partial charge >= 0.3 is 0 Å². The molecule has 0 spiro atoms. The Bertz CT molecular complexity index is 3370. The number of rotatable bonds is 16. The van der Waals surface area contributed by atoms with Gasteiger partial charge in [-0.1, -0.05) is 55.0 Å². The van der Waals surface area contributed by atoms with Crippen molar-refractivity contribution in [1.82, 2.24) is 59.5 Å². The first kappa shape index (κ1) is 50.7. The summed E-state index contributed by atoms with van der Waals surface area (Å²) < 4.78 is 15.7. The number of hydrogen-bond donors (Lipinski definition) is 3. The second kappa shape index (κ2) is 23.2. The molecule has 4 aromatic carbocycles. The third-order valence-electron chi connectivity index (χ3n) is 14.8. The number of amides is 2. The lowest BCUT2D eigenvalue weighted by Gasteiger charge is -2.32. The lowest BCUT2D eigenvalue weighted by molar-refractivity contribution is -0.127. The fourth-order valence-electron chi connectivity index (χ4n) is 10.2. The summed E-state index contributed by atoms with van der Waals surface area (Å²) in [6.45, 7) is 4.09. The quantitative estimate of drug-likeness (QED) is 0.0771. The maximum atomic E-state index is 13.0. The fourth-order valence-corrected chi connectivity index (χ4v) is 10.2. The van der Waals surface area contributed by atoms with Gasteiger partial charge in [0, 0.05) is 74.6 Å². The number of nitrogens with one attached hydrogen (secondary N) is 1. The van der Waals surface area contributed by atoms with Gasteiger partial charge in [0.05, 0.1) is 22.9 Å². The average Bonchev–Trinajstić information content (AvgIpc) is 3.98. The van der Waals surface area contributed by atoms with Crippen molar-refractivity contribution in [3.8, 4) is 45.5 Å². The Morgan fingerprint density at radius 2 is 1.09 bits per heavy atom. The molecule has 18 nitrogen and oxygen atoms in total. The number of anilines is 2. The molecule has 12 rings (SSSR count). The van der Waals surface area contributed by atoms with E-state index in [4.69, 9.17) is 31.1 Å². The van der Waals surface area contributed by atoms with Crippen molar-refractivity contribution in [3.63, 3.8) is 0 Å². The van der Waals surface area contributed by atoms with Gasteiger partial charge in [0.15, 0.2) is 11.3 Å². The highest BCUT2D eigenvalue weighted by molar-refractivity contribution is 5.99. The van der Waals surface area contributed by atoms with E-state index >= 15 is 0 Å². The van der Waals surface area contributed by atoms with Gasteiger partial charge in [0.25, 0.3) is 0 Å². The third kappa shape index (κ3) is 11.8. The minimum Gasteiger partial charge on any atom is -0.457 e. The Labute approximate surface area is 447 Å². The Hall–Kier alpha value is -8.48. The van der Waals surface area contributed by atoms with Crippen molar-refractivity contribution in [2.24, 2.45) is 0 Å². The summed E-state index contributed by atoms with van der Waals surface area (Å²) in [6.07, 6.45) is 19.1. The van der Waals surface area contributed by atoms with Gasteiger partial charge in [0.2, 0.25) is 11.8 Å². The van der Waals surface area contributed by atoms with E-state index in [2.05, 4.69) is 37.2 Å². The van der Waals surface area contributed by atoms with Crippen molar-refractivity contribution in [3.05, 3.63) is 146 Å². The lowest BCUT2D eigenvalue weighted by atomic mass is 9.93. The number of benzene rings is 4. The molecular formula is C59H64N14O4. The first-order chi connectivity index (χ1) is 37.7. The van der Waals surface area contributed by atoms with Crippen LogP contribution in [0.4, 0.5) is 11.6 Å². The number of nitrogens with zero attached hydrogens (tertiary/aromatic N) is 11. The van der Waals surface area contributed by atoms with Crippen LogP contribution in [0.3, 0.4) is 0 Å². The van der Waals surface area contributed by atoms with E-state index in [0.29, 0.717) is 54.6 Å². The minimum atomic E-state index is -0.00326. The lowest BCUT2D eigenvalue weighted by Crippen LogP contribution is -2.40. The van der Waals surface area contributed by atoms with Crippen LogP contribution in [0.25, 0.3) is 44.6 Å². The van der Waals surface area contributed by atoms with Crippen LogP contribution >= 0.6 is 0 Å². The molecule has 5 N–H and O–H groups in total. The molecule has 0 radical (unpaired) electrons. The number of hydrogen-bond acceptors (Lipinski definition) is 14. The van der Waals surface area contributed by atoms with Gasteiger partial charge in [-0.15, -0.1) is 0 Å². The van der Waals surface area contributed by atoms with E-state index in [9.17, 15) is 9.59 Å². The van der Waals surface area contributed by atoms with Crippen LogP contribution in [0.2, 0.25) is 0 Å². The maximum absolute atomic E-state index is 13.0. The summed E-state index contributed by atoms with van der Waals surface area (Å²) in [6, 6.07) is 36.1. The number of fused-ring (bicyclic) bond motifs is 2. The molecule has 2 saturated carbocycles. The van der Waals surface area contributed by atoms with Crippen molar-refractivity contribution in [1.29, 1.82) is 0 Å². The largest absolute Gasteiger partial charge is 0.457 e.